The third kappa shape index (κ3) is 2.55. The number of amides is 2. The van der Waals surface area contributed by atoms with Crippen molar-refractivity contribution in [3.63, 3.8) is 0 Å². The Labute approximate surface area is 99.2 Å². The second-order valence-corrected chi connectivity index (χ2v) is 4.08. The van der Waals surface area contributed by atoms with Crippen molar-refractivity contribution in [1.82, 2.24) is 5.32 Å². The molecule has 1 unspecified atom stereocenters. The molecule has 1 heterocycles. The van der Waals surface area contributed by atoms with Crippen molar-refractivity contribution >= 4 is 17.7 Å². The molecule has 1 saturated heterocycles. The molecule has 1 aliphatic rings. The van der Waals surface area contributed by atoms with Crippen LogP contribution in [0.25, 0.3) is 0 Å². The highest BCUT2D eigenvalue weighted by Gasteiger charge is 2.28. The van der Waals surface area contributed by atoms with Crippen molar-refractivity contribution < 1.29 is 14.3 Å². The minimum atomic E-state index is -0.607. The molecule has 2 amide bonds. The summed E-state index contributed by atoms with van der Waals surface area (Å²) in [5.74, 6) is -0.265. The van der Waals surface area contributed by atoms with E-state index in [4.69, 9.17) is 0 Å². The molecule has 0 aromatic heterocycles. The van der Waals surface area contributed by atoms with Crippen LogP contribution in [0.1, 0.15) is 11.1 Å². The summed E-state index contributed by atoms with van der Waals surface area (Å²) in [5.41, 5.74) is 2.99. The number of rotatable bonds is 2. The van der Waals surface area contributed by atoms with Gasteiger partial charge in [-0.15, -0.1) is 0 Å². The fourth-order valence-corrected chi connectivity index (χ4v) is 1.57. The number of benzene rings is 1. The topological polar surface area (TPSA) is 67.4 Å². The predicted octanol–water partition coefficient (Wildman–Crippen LogP) is 1.35. The summed E-state index contributed by atoms with van der Waals surface area (Å²) in [4.78, 5) is 22.5. The Morgan fingerprint density at radius 1 is 1.41 bits per heavy atom. The number of aryl methyl sites for hydroxylation is 2. The van der Waals surface area contributed by atoms with E-state index in [0.717, 1.165) is 11.3 Å². The van der Waals surface area contributed by atoms with Crippen LogP contribution in [0, 0.1) is 13.8 Å². The van der Waals surface area contributed by atoms with Crippen molar-refractivity contribution in [3.8, 4) is 0 Å². The lowest BCUT2D eigenvalue weighted by molar-refractivity contribution is -0.117. The highest BCUT2D eigenvalue weighted by Crippen LogP contribution is 2.14. The van der Waals surface area contributed by atoms with Crippen molar-refractivity contribution in [2.24, 2.45) is 0 Å². The first-order valence-corrected chi connectivity index (χ1v) is 5.37. The van der Waals surface area contributed by atoms with E-state index in [0.29, 0.717) is 0 Å². The quantitative estimate of drug-likeness (QED) is 0.811. The molecular formula is C12H14N2O3. The van der Waals surface area contributed by atoms with Gasteiger partial charge in [-0.1, -0.05) is 6.07 Å². The van der Waals surface area contributed by atoms with Crippen molar-refractivity contribution in [3.05, 3.63) is 29.3 Å². The van der Waals surface area contributed by atoms with E-state index in [1.54, 1.807) is 0 Å². The number of hydrogen-bond donors (Lipinski definition) is 2. The van der Waals surface area contributed by atoms with Gasteiger partial charge in [-0.05, 0) is 37.1 Å². The lowest BCUT2D eigenvalue weighted by atomic mass is 10.1. The molecule has 90 valence electrons. The minimum Gasteiger partial charge on any atom is -0.447 e. The van der Waals surface area contributed by atoms with Crippen LogP contribution in [0.2, 0.25) is 0 Å². The second-order valence-electron chi connectivity index (χ2n) is 4.08. The fourth-order valence-electron chi connectivity index (χ4n) is 1.57. The smallest absolute Gasteiger partial charge is 0.407 e. The molecule has 2 rings (SSSR count). The SMILES string of the molecule is Cc1ccc(NC(=O)C2COC(=O)N2)cc1C. The molecule has 1 aromatic rings. The molecule has 5 heteroatoms. The number of anilines is 1. The third-order valence-corrected chi connectivity index (χ3v) is 2.76. The van der Waals surface area contributed by atoms with Crippen molar-refractivity contribution in [1.29, 1.82) is 0 Å². The molecule has 1 aromatic carbocycles. The van der Waals surface area contributed by atoms with E-state index in [-0.39, 0.29) is 12.5 Å². The predicted molar refractivity (Wildman–Crippen MR) is 62.8 cm³/mol. The van der Waals surface area contributed by atoms with Crippen LogP contribution in [-0.2, 0) is 9.53 Å². The molecule has 2 N–H and O–H groups in total. The summed E-state index contributed by atoms with van der Waals surface area (Å²) in [5, 5.41) is 5.17. The normalized spacial score (nSPS) is 18.5. The second kappa shape index (κ2) is 4.45. The molecule has 0 saturated carbocycles. The van der Waals surface area contributed by atoms with Crippen LogP contribution in [0.15, 0.2) is 18.2 Å². The zero-order chi connectivity index (χ0) is 12.4. The van der Waals surface area contributed by atoms with Gasteiger partial charge in [0.15, 0.2) is 0 Å². The monoisotopic (exact) mass is 234 g/mol. The molecule has 0 aliphatic carbocycles. The highest BCUT2D eigenvalue weighted by molar-refractivity contribution is 5.97. The van der Waals surface area contributed by atoms with Crippen LogP contribution < -0.4 is 10.6 Å². The van der Waals surface area contributed by atoms with Gasteiger partial charge in [0.25, 0.3) is 5.91 Å². The average Bonchev–Trinajstić information content (AvgIpc) is 2.70. The molecule has 0 bridgehead atoms. The minimum absolute atomic E-state index is 0.0789. The zero-order valence-corrected chi connectivity index (χ0v) is 9.74. The lowest BCUT2D eigenvalue weighted by Gasteiger charge is -2.10. The first kappa shape index (κ1) is 11.4. The molecule has 1 atom stereocenters. The van der Waals surface area contributed by atoms with E-state index in [9.17, 15) is 9.59 Å². The summed E-state index contributed by atoms with van der Waals surface area (Å²) in [6, 6.07) is 5.06. The van der Waals surface area contributed by atoms with Gasteiger partial charge in [0, 0.05) is 5.69 Å². The van der Waals surface area contributed by atoms with Gasteiger partial charge in [-0.2, -0.15) is 0 Å². The van der Waals surface area contributed by atoms with Gasteiger partial charge >= 0.3 is 6.09 Å². The number of nitrogens with one attached hydrogen (secondary N) is 2. The summed E-state index contributed by atoms with van der Waals surface area (Å²) < 4.78 is 4.66. The summed E-state index contributed by atoms with van der Waals surface area (Å²) in [7, 11) is 0. The van der Waals surface area contributed by atoms with Gasteiger partial charge in [-0.3, -0.25) is 4.79 Å². The van der Waals surface area contributed by atoms with Gasteiger partial charge < -0.3 is 15.4 Å². The fraction of sp³-hybridized carbons (Fsp3) is 0.333. The maximum absolute atomic E-state index is 11.8. The van der Waals surface area contributed by atoms with E-state index in [1.807, 2.05) is 32.0 Å². The van der Waals surface area contributed by atoms with Gasteiger partial charge in [0.05, 0.1) is 0 Å². The van der Waals surface area contributed by atoms with Crippen LogP contribution in [0.3, 0.4) is 0 Å². The number of carbonyl (C=O) groups excluding carboxylic acids is 2. The molecule has 0 spiro atoms. The Hall–Kier alpha value is -2.04. The Balaban J connectivity index is 2.03. The van der Waals surface area contributed by atoms with Gasteiger partial charge in [0.2, 0.25) is 0 Å². The van der Waals surface area contributed by atoms with E-state index in [1.165, 1.54) is 5.56 Å². The number of alkyl carbamates (subject to hydrolysis) is 1. The Bertz CT molecular complexity index is 471. The first-order chi connectivity index (χ1) is 8.06. The summed E-state index contributed by atoms with van der Waals surface area (Å²) >= 11 is 0. The molecular weight excluding hydrogens is 220 g/mol. The molecule has 0 radical (unpaired) electrons. The van der Waals surface area contributed by atoms with Crippen LogP contribution >= 0.6 is 0 Å². The summed E-state index contributed by atoms with van der Waals surface area (Å²) in [6.45, 7) is 4.06. The first-order valence-electron chi connectivity index (χ1n) is 5.37. The number of cyclic esters (lactones) is 1. The molecule has 17 heavy (non-hydrogen) atoms. The van der Waals surface area contributed by atoms with Crippen molar-refractivity contribution in [2.45, 2.75) is 19.9 Å². The standard InChI is InChI=1S/C12H14N2O3/c1-7-3-4-9(5-8(7)2)13-11(15)10-6-17-12(16)14-10/h3-5,10H,6H2,1-2H3,(H,13,15)(H,14,16). The number of ether oxygens (including phenoxy) is 1. The van der Waals surface area contributed by atoms with E-state index in [2.05, 4.69) is 15.4 Å². The third-order valence-electron chi connectivity index (χ3n) is 2.76. The van der Waals surface area contributed by atoms with Crippen LogP contribution in [-0.4, -0.2) is 24.6 Å². The summed E-state index contributed by atoms with van der Waals surface area (Å²) in [6.07, 6.45) is -0.551. The zero-order valence-electron chi connectivity index (χ0n) is 9.74. The van der Waals surface area contributed by atoms with Crippen LogP contribution in [0.4, 0.5) is 10.5 Å². The van der Waals surface area contributed by atoms with E-state index >= 15 is 0 Å². The maximum atomic E-state index is 11.8. The highest BCUT2D eigenvalue weighted by atomic mass is 16.6. The Morgan fingerprint density at radius 3 is 2.76 bits per heavy atom. The number of carbonyl (C=O) groups is 2. The van der Waals surface area contributed by atoms with Crippen molar-refractivity contribution in [2.75, 3.05) is 11.9 Å². The Kier molecular flexibility index (Phi) is 2.99. The van der Waals surface area contributed by atoms with Gasteiger partial charge in [-0.25, -0.2) is 4.79 Å². The lowest BCUT2D eigenvalue weighted by Crippen LogP contribution is -2.38. The van der Waals surface area contributed by atoms with Crippen LogP contribution in [0.5, 0.6) is 0 Å². The Morgan fingerprint density at radius 2 is 2.18 bits per heavy atom. The maximum Gasteiger partial charge on any atom is 0.407 e. The largest absolute Gasteiger partial charge is 0.447 e. The number of hydrogen-bond acceptors (Lipinski definition) is 3. The molecule has 5 nitrogen and oxygen atoms in total. The van der Waals surface area contributed by atoms with Gasteiger partial charge in [0.1, 0.15) is 12.6 Å². The average molecular weight is 234 g/mol. The molecule has 1 aliphatic heterocycles. The van der Waals surface area contributed by atoms with E-state index < -0.39 is 12.1 Å². The molecule has 1 fully saturated rings.